The normalized spacial score (nSPS) is 8.50. The molecule has 0 atom stereocenters. The maximum atomic E-state index is 9.00. The predicted octanol–water partition coefficient (Wildman–Crippen LogP) is 2.41. The summed E-state index contributed by atoms with van der Waals surface area (Å²) in [4.78, 5) is 9.00. The maximum absolute atomic E-state index is 9.00. The highest BCUT2D eigenvalue weighted by Crippen LogP contribution is 1.99. The first-order valence-corrected chi connectivity index (χ1v) is 5.85. The summed E-state index contributed by atoms with van der Waals surface area (Å²) in [6.07, 6.45) is 0. The lowest BCUT2D eigenvalue weighted by molar-refractivity contribution is -0.134. The van der Waals surface area contributed by atoms with Gasteiger partial charge >= 0.3 is 0 Å². The van der Waals surface area contributed by atoms with Crippen molar-refractivity contribution in [1.29, 1.82) is 0 Å². The largest absolute Gasteiger partial charge is 0.481 e. The van der Waals surface area contributed by atoms with Crippen LogP contribution in [0.1, 0.15) is 25.0 Å². The minimum atomic E-state index is -0.833. The second-order valence-corrected chi connectivity index (χ2v) is 3.59. The summed E-state index contributed by atoms with van der Waals surface area (Å²) in [6, 6.07) is 8.48. The molecule has 0 aromatic heterocycles. The number of hydrogen-bond acceptors (Lipinski definition) is 3. The van der Waals surface area contributed by atoms with E-state index in [9.17, 15) is 0 Å². The van der Waals surface area contributed by atoms with Gasteiger partial charge in [-0.15, -0.1) is 0 Å². The number of carbonyl (C=O) groups is 1. The van der Waals surface area contributed by atoms with Gasteiger partial charge in [0.1, 0.15) is 0 Å². The number of aryl methyl sites for hydroxylation is 2. The Bertz CT molecular complexity index is 264. The third-order valence-electron chi connectivity index (χ3n) is 1.66. The van der Waals surface area contributed by atoms with Crippen molar-refractivity contribution in [1.82, 2.24) is 0 Å². The van der Waals surface area contributed by atoms with Crippen LogP contribution in [0.5, 0.6) is 0 Å². The molecule has 0 radical (unpaired) electrons. The van der Waals surface area contributed by atoms with E-state index >= 15 is 0 Å². The number of carboxylic acid groups (broad SMARTS) is 1. The van der Waals surface area contributed by atoms with E-state index in [1.54, 1.807) is 0 Å². The quantitative estimate of drug-likeness (QED) is 0.815. The van der Waals surface area contributed by atoms with Crippen molar-refractivity contribution >= 4 is 5.97 Å². The van der Waals surface area contributed by atoms with E-state index < -0.39 is 5.97 Å². The summed E-state index contributed by atoms with van der Waals surface area (Å²) in [5.74, 6) is -0.833. The van der Waals surface area contributed by atoms with Gasteiger partial charge in [-0.1, -0.05) is 35.4 Å². The topological polar surface area (TPSA) is 66.8 Å². The van der Waals surface area contributed by atoms with Gasteiger partial charge in [-0.3, -0.25) is 4.79 Å². The van der Waals surface area contributed by atoms with Crippen molar-refractivity contribution in [2.45, 2.75) is 27.7 Å². The van der Waals surface area contributed by atoms with Crippen molar-refractivity contribution in [3.05, 3.63) is 35.4 Å². The minimum Gasteiger partial charge on any atom is -0.481 e. The molecule has 0 aliphatic heterocycles. The molecule has 1 aromatic carbocycles. The molecular formula is C14H24O4. The molecule has 0 aliphatic carbocycles. The zero-order chi connectivity index (χ0) is 14.4. The van der Waals surface area contributed by atoms with Gasteiger partial charge in [0.05, 0.1) is 13.2 Å². The zero-order valence-corrected chi connectivity index (χ0v) is 11.6. The summed E-state index contributed by atoms with van der Waals surface area (Å²) in [6.45, 7) is 8.47. The number of benzene rings is 1. The van der Waals surface area contributed by atoms with Crippen molar-refractivity contribution in [2.75, 3.05) is 19.8 Å². The van der Waals surface area contributed by atoms with Crippen molar-refractivity contribution < 1.29 is 19.7 Å². The first-order chi connectivity index (χ1) is 8.43. The number of hydrogen-bond donors (Lipinski definition) is 2. The Morgan fingerprint density at radius 1 is 1.17 bits per heavy atom. The Kier molecular flexibility index (Phi) is 14.4. The monoisotopic (exact) mass is 256 g/mol. The average molecular weight is 256 g/mol. The Labute approximate surface area is 109 Å². The number of carboxylic acids is 1. The molecule has 2 N–H and O–H groups in total. The summed E-state index contributed by atoms with van der Waals surface area (Å²) >= 11 is 0. The molecular weight excluding hydrogens is 232 g/mol. The van der Waals surface area contributed by atoms with Gasteiger partial charge < -0.3 is 14.9 Å². The smallest absolute Gasteiger partial charge is 0.300 e. The molecule has 4 nitrogen and oxygen atoms in total. The van der Waals surface area contributed by atoms with Crippen molar-refractivity contribution in [3.8, 4) is 0 Å². The predicted molar refractivity (Wildman–Crippen MR) is 72.8 cm³/mol. The second-order valence-electron chi connectivity index (χ2n) is 3.59. The van der Waals surface area contributed by atoms with Gasteiger partial charge in [-0.2, -0.15) is 0 Å². The molecule has 0 heterocycles. The first kappa shape index (κ1) is 19.0. The third-order valence-corrected chi connectivity index (χ3v) is 1.66. The molecule has 0 bridgehead atoms. The Hall–Kier alpha value is -1.39. The summed E-state index contributed by atoms with van der Waals surface area (Å²) in [7, 11) is 0. The summed E-state index contributed by atoms with van der Waals surface area (Å²) < 4.78 is 4.73. The molecule has 0 spiro atoms. The van der Waals surface area contributed by atoms with Crippen LogP contribution in [0.25, 0.3) is 0 Å². The van der Waals surface area contributed by atoms with Crippen LogP contribution in [0.4, 0.5) is 0 Å². The van der Waals surface area contributed by atoms with Crippen LogP contribution in [0, 0.1) is 13.8 Å². The highest BCUT2D eigenvalue weighted by Gasteiger charge is 1.79. The lowest BCUT2D eigenvalue weighted by Gasteiger charge is -1.91. The Morgan fingerprint density at radius 3 is 1.67 bits per heavy atom. The molecule has 0 saturated heterocycles. The molecule has 18 heavy (non-hydrogen) atoms. The SMILES string of the molecule is CC(=O)O.CCOCCO.Cc1ccc(C)cc1. The minimum absolute atomic E-state index is 0.133. The highest BCUT2D eigenvalue weighted by atomic mass is 16.5. The van der Waals surface area contributed by atoms with Gasteiger partial charge in [0.15, 0.2) is 0 Å². The fourth-order valence-corrected chi connectivity index (χ4v) is 0.846. The number of aliphatic hydroxyl groups excluding tert-OH is 1. The fourth-order valence-electron chi connectivity index (χ4n) is 0.846. The molecule has 4 heteroatoms. The van der Waals surface area contributed by atoms with Crippen LogP contribution in [-0.2, 0) is 9.53 Å². The number of rotatable bonds is 3. The molecule has 1 rings (SSSR count). The van der Waals surface area contributed by atoms with Gasteiger partial charge in [-0.05, 0) is 20.8 Å². The standard InChI is InChI=1S/C8H10.C4H10O2.C2H4O2/c1-7-3-5-8(2)6-4-7;1-2-6-4-3-5;1-2(3)4/h3-6H,1-2H3;5H,2-4H2,1H3;1H3,(H,3,4). The molecule has 0 amide bonds. The van der Waals surface area contributed by atoms with Crippen LogP contribution < -0.4 is 0 Å². The van der Waals surface area contributed by atoms with Crippen LogP contribution >= 0.6 is 0 Å². The van der Waals surface area contributed by atoms with E-state index in [4.69, 9.17) is 19.7 Å². The molecule has 104 valence electrons. The number of ether oxygens (including phenoxy) is 1. The number of aliphatic hydroxyl groups is 1. The van der Waals surface area contributed by atoms with Crippen molar-refractivity contribution in [2.24, 2.45) is 0 Å². The third kappa shape index (κ3) is 20.1. The summed E-state index contributed by atoms with van der Waals surface area (Å²) in [5.41, 5.74) is 2.66. The molecule has 1 aromatic rings. The highest BCUT2D eigenvalue weighted by molar-refractivity contribution is 5.62. The van der Waals surface area contributed by atoms with Gasteiger partial charge in [0.2, 0.25) is 0 Å². The summed E-state index contributed by atoms with van der Waals surface area (Å²) in [5, 5.41) is 15.5. The first-order valence-electron chi connectivity index (χ1n) is 5.85. The average Bonchev–Trinajstić information content (AvgIpc) is 2.30. The van der Waals surface area contributed by atoms with Crippen LogP contribution in [0.15, 0.2) is 24.3 Å². The second kappa shape index (κ2) is 13.7. The Morgan fingerprint density at radius 2 is 1.50 bits per heavy atom. The van der Waals surface area contributed by atoms with E-state index in [1.807, 2.05) is 6.92 Å². The molecule has 0 aliphatic rings. The molecule has 0 fully saturated rings. The lowest BCUT2D eigenvalue weighted by Crippen LogP contribution is -1.96. The zero-order valence-electron chi connectivity index (χ0n) is 11.6. The van der Waals surface area contributed by atoms with Crippen molar-refractivity contribution in [3.63, 3.8) is 0 Å². The van der Waals surface area contributed by atoms with Crippen LogP contribution in [0.2, 0.25) is 0 Å². The van der Waals surface area contributed by atoms with E-state index in [0.717, 1.165) is 6.92 Å². The van der Waals surface area contributed by atoms with Gasteiger partial charge in [0.25, 0.3) is 5.97 Å². The van der Waals surface area contributed by atoms with Gasteiger partial charge in [-0.25, -0.2) is 0 Å². The lowest BCUT2D eigenvalue weighted by atomic mass is 10.2. The van der Waals surface area contributed by atoms with E-state index in [-0.39, 0.29) is 6.61 Å². The maximum Gasteiger partial charge on any atom is 0.300 e. The molecule has 0 unspecified atom stereocenters. The number of aliphatic carboxylic acids is 1. The van der Waals surface area contributed by atoms with E-state index in [0.29, 0.717) is 13.2 Å². The van der Waals surface area contributed by atoms with Crippen LogP contribution in [-0.4, -0.2) is 36.0 Å². The fraction of sp³-hybridized carbons (Fsp3) is 0.500. The molecule has 0 saturated carbocycles. The van der Waals surface area contributed by atoms with Gasteiger partial charge in [0, 0.05) is 13.5 Å². The van der Waals surface area contributed by atoms with E-state index in [1.165, 1.54) is 11.1 Å². The Balaban J connectivity index is 0. The van der Waals surface area contributed by atoms with E-state index in [2.05, 4.69) is 38.1 Å². The van der Waals surface area contributed by atoms with Crippen LogP contribution in [0.3, 0.4) is 0 Å².